The third-order valence-corrected chi connectivity index (χ3v) is 2.10. The van der Waals surface area contributed by atoms with Crippen LogP contribution in [0.3, 0.4) is 0 Å². The van der Waals surface area contributed by atoms with Crippen molar-refractivity contribution in [2.75, 3.05) is 26.8 Å². The Labute approximate surface area is 95.4 Å². The summed E-state index contributed by atoms with van der Waals surface area (Å²) in [4.78, 5) is 22.3. The molecular weight excluding hydrogens is 212 g/mol. The van der Waals surface area contributed by atoms with Crippen LogP contribution in [0.1, 0.15) is 13.8 Å². The van der Waals surface area contributed by atoms with Crippen molar-refractivity contribution in [3.05, 3.63) is 0 Å². The summed E-state index contributed by atoms with van der Waals surface area (Å²) in [5.41, 5.74) is 0. The monoisotopic (exact) mass is 232 g/mol. The van der Waals surface area contributed by atoms with Gasteiger partial charge in [0, 0.05) is 19.6 Å². The second-order valence-electron chi connectivity index (χ2n) is 3.56. The Hall–Kier alpha value is -1.14. The fraction of sp³-hybridized carbons (Fsp3) is 0.800. The number of amides is 1. The minimum Gasteiger partial charge on any atom is -0.480 e. The Kier molecular flexibility index (Phi) is 7.49. The number of nitrogens with one attached hydrogen (secondary N) is 2. The molecule has 0 aliphatic rings. The van der Waals surface area contributed by atoms with E-state index < -0.39 is 12.0 Å². The van der Waals surface area contributed by atoms with Crippen LogP contribution in [0.15, 0.2) is 0 Å². The van der Waals surface area contributed by atoms with Crippen molar-refractivity contribution in [3.8, 4) is 0 Å². The quantitative estimate of drug-likeness (QED) is 0.522. The van der Waals surface area contributed by atoms with E-state index in [1.54, 1.807) is 6.92 Å². The first kappa shape index (κ1) is 14.9. The molecule has 0 bridgehead atoms. The van der Waals surface area contributed by atoms with Crippen molar-refractivity contribution in [2.45, 2.75) is 19.9 Å². The van der Waals surface area contributed by atoms with Crippen LogP contribution in [-0.2, 0) is 14.3 Å². The molecule has 3 N–H and O–H groups in total. The zero-order valence-electron chi connectivity index (χ0n) is 9.95. The molecule has 0 aromatic carbocycles. The van der Waals surface area contributed by atoms with E-state index in [-0.39, 0.29) is 18.4 Å². The number of hydrogen-bond donors (Lipinski definition) is 3. The van der Waals surface area contributed by atoms with Gasteiger partial charge in [-0.3, -0.25) is 4.79 Å². The second kappa shape index (κ2) is 8.06. The van der Waals surface area contributed by atoms with Gasteiger partial charge < -0.3 is 20.5 Å². The SMILES string of the molecule is CCNCC(C)C(=O)NC(COC)C(=O)O. The maximum Gasteiger partial charge on any atom is 0.328 e. The van der Waals surface area contributed by atoms with Crippen LogP contribution in [0.2, 0.25) is 0 Å². The number of ether oxygens (including phenoxy) is 1. The minimum absolute atomic E-state index is 0.0327. The summed E-state index contributed by atoms with van der Waals surface area (Å²) in [7, 11) is 1.39. The smallest absolute Gasteiger partial charge is 0.328 e. The molecule has 0 saturated carbocycles. The first-order chi connectivity index (χ1) is 7.52. The highest BCUT2D eigenvalue weighted by Gasteiger charge is 2.22. The molecule has 0 aromatic heterocycles. The third kappa shape index (κ3) is 5.67. The topological polar surface area (TPSA) is 87.7 Å². The lowest BCUT2D eigenvalue weighted by Crippen LogP contribution is -2.47. The van der Waals surface area contributed by atoms with Gasteiger partial charge in [-0.1, -0.05) is 13.8 Å². The highest BCUT2D eigenvalue weighted by atomic mass is 16.5. The Morgan fingerprint density at radius 2 is 2.06 bits per heavy atom. The van der Waals surface area contributed by atoms with Crippen molar-refractivity contribution in [2.24, 2.45) is 5.92 Å². The molecule has 0 rings (SSSR count). The van der Waals surface area contributed by atoms with Gasteiger partial charge in [0.25, 0.3) is 0 Å². The van der Waals surface area contributed by atoms with E-state index in [2.05, 4.69) is 10.6 Å². The molecule has 0 fully saturated rings. The zero-order valence-corrected chi connectivity index (χ0v) is 9.95. The number of hydrogen-bond acceptors (Lipinski definition) is 4. The summed E-state index contributed by atoms with van der Waals surface area (Å²) >= 11 is 0. The molecule has 2 unspecified atom stereocenters. The van der Waals surface area contributed by atoms with Crippen LogP contribution in [0.5, 0.6) is 0 Å². The van der Waals surface area contributed by atoms with E-state index in [9.17, 15) is 9.59 Å². The van der Waals surface area contributed by atoms with Gasteiger partial charge in [0.15, 0.2) is 6.04 Å². The number of carboxylic acids is 1. The maximum atomic E-state index is 11.6. The molecule has 2 atom stereocenters. The molecule has 0 radical (unpaired) electrons. The largest absolute Gasteiger partial charge is 0.480 e. The number of methoxy groups -OCH3 is 1. The minimum atomic E-state index is -1.09. The van der Waals surface area contributed by atoms with Crippen molar-refractivity contribution >= 4 is 11.9 Å². The van der Waals surface area contributed by atoms with Gasteiger partial charge in [-0.25, -0.2) is 4.79 Å². The number of aliphatic carboxylic acids is 1. The van der Waals surface area contributed by atoms with Crippen LogP contribution in [-0.4, -0.2) is 49.8 Å². The number of carbonyl (C=O) groups excluding carboxylic acids is 1. The fourth-order valence-electron chi connectivity index (χ4n) is 1.11. The van der Waals surface area contributed by atoms with E-state index in [4.69, 9.17) is 9.84 Å². The molecular formula is C10H20N2O4. The van der Waals surface area contributed by atoms with Gasteiger partial charge in [-0.05, 0) is 6.54 Å². The molecule has 16 heavy (non-hydrogen) atoms. The van der Waals surface area contributed by atoms with Crippen LogP contribution in [0, 0.1) is 5.92 Å². The van der Waals surface area contributed by atoms with Crippen molar-refractivity contribution in [1.82, 2.24) is 10.6 Å². The fourth-order valence-corrected chi connectivity index (χ4v) is 1.11. The van der Waals surface area contributed by atoms with Gasteiger partial charge >= 0.3 is 5.97 Å². The van der Waals surface area contributed by atoms with Crippen molar-refractivity contribution in [3.63, 3.8) is 0 Å². The second-order valence-corrected chi connectivity index (χ2v) is 3.56. The lowest BCUT2D eigenvalue weighted by Gasteiger charge is -2.17. The van der Waals surface area contributed by atoms with Crippen LogP contribution >= 0.6 is 0 Å². The van der Waals surface area contributed by atoms with Crippen LogP contribution in [0.4, 0.5) is 0 Å². The summed E-state index contributed by atoms with van der Waals surface area (Å²) in [6.07, 6.45) is 0. The first-order valence-corrected chi connectivity index (χ1v) is 5.25. The standard InChI is InChI=1S/C10H20N2O4/c1-4-11-5-7(2)9(13)12-8(6-16-3)10(14)15/h7-8,11H,4-6H2,1-3H3,(H,12,13)(H,14,15). The van der Waals surface area contributed by atoms with E-state index in [1.165, 1.54) is 7.11 Å². The van der Waals surface area contributed by atoms with Gasteiger partial charge in [0.2, 0.25) is 5.91 Å². The molecule has 0 aliphatic carbocycles. The lowest BCUT2D eigenvalue weighted by molar-refractivity contribution is -0.143. The highest BCUT2D eigenvalue weighted by molar-refractivity contribution is 5.84. The molecule has 6 heteroatoms. The van der Waals surface area contributed by atoms with E-state index in [0.29, 0.717) is 6.54 Å². The Bertz CT molecular complexity index is 233. The predicted molar refractivity (Wildman–Crippen MR) is 59.2 cm³/mol. The Morgan fingerprint density at radius 1 is 1.44 bits per heavy atom. The first-order valence-electron chi connectivity index (χ1n) is 5.25. The lowest BCUT2D eigenvalue weighted by atomic mass is 10.1. The maximum absolute atomic E-state index is 11.6. The zero-order chi connectivity index (χ0) is 12.6. The highest BCUT2D eigenvalue weighted by Crippen LogP contribution is 1.95. The third-order valence-electron chi connectivity index (χ3n) is 2.10. The summed E-state index contributed by atoms with van der Waals surface area (Å²) in [6.45, 7) is 4.95. The van der Waals surface area contributed by atoms with Gasteiger partial charge in [0.05, 0.1) is 6.61 Å². The van der Waals surface area contributed by atoms with Crippen molar-refractivity contribution in [1.29, 1.82) is 0 Å². The summed E-state index contributed by atoms with van der Waals surface area (Å²) in [5.74, 6) is -1.64. The van der Waals surface area contributed by atoms with Gasteiger partial charge in [-0.2, -0.15) is 0 Å². The summed E-state index contributed by atoms with van der Waals surface area (Å²) < 4.78 is 4.72. The van der Waals surface area contributed by atoms with Crippen LogP contribution in [0.25, 0.3) is 0 Å². The molecule has 0 saturated heterocycles. The molecule has 0 spiro atoms. The molecule has 1 amide bonds. The number of carbonyl (C=O) groups is 2. The molecule has 0 heterocycles. The normalized spacial score (nSPS) is 14.2. The Morgan fingerprint density at radius 3 is 2.50 bits per heavy atom. The van der Waals surface area contributed by atoms with Gasteiger partial charge in [-0.15, -0.1) is 0 Å². The van der Waals surface area contributed by atoms with Crippen molar-refractivity contribution < 1.29 is 19.4 Å². The molecule has 0 aromatic rings. The summed E-state index contributed by atoms with van der Waals surface area (Å²) in [6, 6.07) is -0.985. The van der Waals surface area contributed by atoms with Gasteiger partial charge in [0.1, 0.15) is 0 Å². The van der Waals surface area contributed by atoms with E-state index in [0.717, 1.165) is 6.54 Å². The number of carboxylic acid groups (broad SMARTS) is 1. The Balaban J connectivity index is 4.12. The molecule has 6 nitrogen and oxygen atoms in total. The average molecular weight is 232 g/mol. The van der Waals surface area contributed by atoms with E-state index >= 15 is 0 Å². The van der Waals surface area contributed by atoms with Crippen LogP contribution < -0.4 is 10.6 Å². The molecule has 0 aliphatic heterocycles. The summed E-state index contributed by atoms with van der Waals surface area (Å²) in [5, 5.41) is 14.2. The average Bonchev–Trinajstić information content (AvgIpc) is 2.24. The molecule has 94 valence electrons. The number of rotatable bonds is 8. The predicted octanol–water partition coefficient (Wildman–Crippen LogP) is -0.552. The van der Waals surface area contributed by atoms with E-state index in [1.807, 2.05) is 6.92 Å².